The second kappa shape index (κ2) is 7.93. The minimum atomic E-state index is -1.82. The topological polar surface area (TPSA) is 47.9 Å². The molecule has 5 heteroatoms. The van der Waals surface area contributed by atoms with Gasteiger partial charge in [0.25, 0.3) is 0 Å². The fourth-order valence-corrected chi connectivity index (χ4v) is 3.13. The third kappa shape index (κ3) is 5.26. The highest BCUT2D eigenvalue weighted by Crippen LogP contribution is 2.36. The van der Waals surface area contributed by atoms with Gasteiger partial charge in [-0.3, -0.25) is 0 Å². The van der Waals surface area contributed by atoms with Crippen LogP contribution in [0.3, 0.4) is 0 Å². The summed E-state index contributed by atoms with van der Waals surface area (Å²) in [7, 11) is -1.82. The fraction of sp³-hybridized carbons (Fsp3) is 0.579. The number of hydrogen-bond donors (Lipinski definition) is 1. The molecule has 1 aliphatic heterocycles. The molecule has 0 fully saturated rings. The second-order valence-electron chi connectivity index (χ2n) is 7.79. The molecule has 134 valence electrons. The van der Waals surface area contributed by atoms with Gasteiger partial charge in [0.05, 0.1) is 13.2 Å². The minimum Gasteiger partial charge on any atom is -0.414 e. The Kier molecular flexibility index (Phi) is 6.39. The van der Waals surface area contributed by atoms with Crippen LogP contribution in [0.1, 0.15) is 26.3 Å². The van der Waals surface area contributed by atoms with E-state index in [-0.39, 0.29) is 11.1 Å². The van der Waals surface area contributed by atoms with Crippen LogP contribution < -0.4 is 0 Å². The summed E-state index contributed by atoms with van der Waals surface area (Å²) in [5.41, 5.74) is 1.05. The van der Waals surface area contributed by atoms with Crippen molar-refractivity contribution in [1.82, 2.24) is 0 Å². The monoisotopic (exact) mass is 350 g/mol. The van der Waals surface area contributed by atoms with Crippen molar-refractivity contribution in [1.29, 1.82) is 0 Å². The highest BCUT2D eigenvalue weighted by atomic mass is 28.4. The summed E-state index contributed by atoms with van der Waals surface area (Å²) in [6, 6.07) is 9.87. The Morgan fingerprint density at radius 2 is 1.79 bits per heavy atom. The van der Waals surface area contributed by atoms with E-state index in [9.17, 15) is 5.11 Å². The van der Waals surface area contributed by atoms with Crippen molar-refractivity contribution >= 4 is 8.32 Å². The van der Waals surface area contributed by atoms with Crippen molar-refractivity contribution in [2.24, 2.45) is 0 Å². The number of aliphatic hydroxyl groups is 1. The number of benzene rings is 1. The molecule has 0 saturated heterocycles. The molecule has 4 nitrogen and oxygen atoms in total. The van der Waals surface area contributed by atoms with Gasteiger partial charge in [0.2, 0.25) is 0 Å². The van der Waals surface area contributed by atoms with E-state index in [4.69, 9.17) is 13.9 Å². The summed E-state index contributed by atoms with van der Waals surface area (Å²) in [6.07, 6.45) is 1.99. The molecule has 0 amide bonds. The Morgan fingerprint density at radius 1 is 1.12 bits per heavy atom. The Bertz CT molecular complexity index is 536. The van der Waals surface area contributed by atoms with Crippen LogP contribution in [0.2, 0.25) is 18.1 Å². The van der Waals surface area contributed by atoms with Gasteiger partial charge in [0.15, 0.2) is 14.6 Å². The maximum atomic E-state index is 10.1. The van der Waals surface area contributed by atoms with Gasteiger partial charge in [-0.15, -0.1) is 0 Å². The maximum absolute atomic E-state index is 10.1. The lowest BCUT2D eigenvalue weighted by molar-refractivity contribution is -0.213. The zero-order chi connectivity index (χ0) is 17.8. The predicted octanol–water partition coefficient (Wildman–Crippen LogP) is 3.87. The van der Waals surface area contributed by atoms with Crippen molar-refractivity contribution in [2.75, 3.05) is 6.61 Å². The molecule has 1 aromatic carbocycles. The first-order chi connectivity index (χ1) is 11.2. The third-order valence-electron chi connectivity index (χ3n) is 4.78. The SMILES string of the molecule is CC(C)(C)[Si](C)(C)OC[C@H]1C=C[C@@H](O)[C@H](OCc2ccccc2)O1. The van der Waals surface area contributed by atoms with Crippen LogP contribution in [-0.4, -0.2) is 38.5 Å². The van der Waals surface area contributed by atoms with Gasteiger partial charge in [-0.2, -0.15) is 0 Å². The summed E-state index contributed by atoms with van der Waals surface area (Å²) in [5.74, 6) is 0. The number of aliphatic hydroxyl groups excluding tert-OH is 1. The van der Waals surface area contributed by atoms with Gasteiger partial charge in [-0.25, -0.2) is 0 Å². The first kappa shape index (κ1) is 19.3. The first-order valence-corrected chi connectivity index (χ1v) is 11.4. The molecule has 0 bridgehead atoms. The number of rotatable bonds is 6. The standard InChI is InChI=1S/C19H30O4Si/c1-19(2,3)24(4,5)22-14-16-11-12-17(20)18(23-16)21-13-15-9-7-6-8-10-15/h6-12,16-18,20H,13-14H2,1-5H3/t16-,17-,18-/m1/s1. The van der Waals surface area contributed by atoms with E-state index in [2.05, 4.69) is 33.9 Å². The number of hydrogen-bond acceptors (Lipinski definition) is 4. The average molecular weight is 351 g/mol. The molecule has 0 aliphatic carbocycles. The molecule has 1 aliphatic rings. The fourth-order valence-electron chi connectivity index (χ4n) is 2.12. The lowest BCUT2D eigenvalue weighted by Crippen LogP contribution is -2.45. The Labute approximate surface area is 146 Å². The maximum Gasteiger partial charge on any atom is 0.192 e. The quantitative estimate of drug-likeness (QED) is 0.625. The van der Waals surface area contributed by atoms with Crippen molar-refractivity contribution in [3.63, 3.8) is 0 Å². The van der Waals surface area contributed by atoms with E-state index in [1.165, 1.54) is 0 Å². The van der Waals surface area contributed by atoms with E-state index in [0.717, 1.165) is 5.56 Å². The van der Waals surface area contributed by atoms with Crippen LogP contribution in [0.15, 0.2) is 42.5 Å². The Morgan fingerprint density at radius 3 is 2.42 bits per heavy atom. The van der Waals surface area contributed by atoms with Crippen LogP contribution in [0.25, 0.3) is 0 Å². The molecule has 1 aromatic rings. The highest BCUT2D eigenvalue weighted by molar-refractivity contribution is 6.74. The molecule has 1 heterocycles. The molecule has 2 rings (SSSR count). The lowest BCUT2D eigenvalue weighted by Gasteiger charge is -2.38. The molecule has 0 aromatic heterocycles. The first-order valence-electron chi connectivity index (χ1n) is 8.50. The molecule has 0 spiro atoms. The van der Waals surface area contributed by atoms with E-state index >= 15 is 0 Å². The molecular weight excluding hydrogens is 320 g/mol. The second-order valence-corrected chi connectivity index (χ2v) is 12.6. The molecule has 0 unspecified atom stereocenters. The van der Waals surface area contributed by atoms with Crippen LogP contribution in [0, 0.1) is 0 Å². The van der Waals surface area contributed by atoms with Crippen LogP contribution in [0.5, 0.6) is 0 Å². The molecular formula is C19H30O4Si. The van der Waals surface area contributed by atoms with Gasteiger partial charge < -0.3 is 19.0 Å². The molecule has 1 N–H and O–H groups in total. The van der Waals surface area contributed by atoms with Crippen molar-refractivity contribution < 1.29 is 19.0 Å². The van der Waals surface area contributed by atoms with Crippen molar-refractivity contribution in [2.45, 2.75) is 64.0 Å². The van der Waals surface area contributed by atoms with E-state index in [1.54, 1.807) is 6.08 Å². The van der Waals surface area contributed by atoms with Gasteiger partial charge in [-0.1, -0.05) is 63.3 Å². The van der Waals surface area contributed by atoms with Crippen molar-refractivity contribution in [3.05, 3.63) is 48.0 Å². The van der Waals surface area contributed by atoms with Crippen LogP contribution >= 0.6 is 0 Å². The van der Waals surface area contributed by atoms with Crippen LogP contribution in [-0.2, 0) is 20.5 Å². The predicted molar refractivity (Wildman–Crippen MR) is 98.2 cm³/mol. The van der Waals surface area contributed by atoms with E-state index in [0.29, 0.717) is 13.2 Å². The van der Waals surface area contributed by atoms with E-state index < -0.39 is 20.7 Å². The zero-order valence-electron chi connectivity index (χ0n) is 15.4. The zero-order valence-corrected chi connectivity index (χ0v) is 16.4. The number of ether oxygens (including phenoxy) is 2. The summed E-state index contributed by atoms with van der Waals surface area (Å²) >= 11 is 0. The largest absolute Gasteiger partial charge is 0.414 e. The van der Waals surface area contributed by atoms with Gasteiger partial charge in [0, 0.05) is 0 Å². The van der Waals surface area contributed by atoms with E-state index in [1.807, 2.05) is 36.4 Å². The third-order valence-corrected chi connectivity index (χ3v) is 9.28. The van der Waals surface area contributed by atoms with Gasteiger partial charge in [-0.05, 0) is 23.7 Å². The highest BCUT2D eigenvalue weighted by Gasteiger charge is 2.38. The summed E-state index contributed by atoms with van der Waals surface area (Å²) in [5, 5.41) is 10.2. The molecule has 24 heavy (non-hydrogen) atoms. The summed E-state index contributed by atoms with van der Waals surface area (Å²) < 4.78 is 17.8. The lowest BCUT2D eigenvalue weighted by atomic mass is 10.2. The van der Waals surface area contributed by atoms with Crippen LogP contribution in [0.4, 0.5) is 0 Å². The minimum absolute atomic E-state index is 0.161. The normalized spacial score (nSPS) is 25.0. The Hall–Kier alpha value is -0.983. The van der Waals surface area contributed by atoms with Crippen molar-refractivity contribution in [3.8, 4) is 0 Å². The summed E-state index contributed by atoms with van der Waals surface area (Å²) in [4.78, 5) is 0. The van der Waals surface area contributed by atoms with Gasteiger partial charge in [0.1, 0.15) is 12.2 Å². The summed E-state index contributed by atoms with van der Waals surface area (Å²) in [6.45, 7) is 12.0. The molecule has 0 saturated carbocycles. The molecule has 0 radical (unpaired) electrons. The smallest absolute Gasteiger partial charge is 0.192 e. The average Bonchev–Trinajstić information content (AvgIpc) is 2.53. The van der Waals surface area contributed by atoms with Gasteiger partial charge >= 0.3 is 0 Å². The molecule has 3 atom stereocenters. The Balaban J connectivity index is 1.87.